The number of oxime groups is 1. The highest BCUT2D eigenvalue weighted by Gasteiger charge is 2.14. The minimum atomic E-state index is -0.690. The van der Waals surface area contributed by atoms with Crippen LogP contribution in [0.15, 0.2) is 46.9 Å². The van der Waals surface area contributed by atoms with Gasteiger partial charge in [0.25, 0.3) is 5.91 Å². The molecule has 20 heavy (non-hydrogen) atoms. The molecule has 0 aliphatic heterocycles. The highest BCUT2D eigenvalue weighted by Crippen LogP contribution is 2.15. The molecule has 0 bridgehead atoms. The highest BCUT2D eigenvalue weighted by molar-refractivity contribution is 7.11. The molecule has 1 aromatic heterocycles. The quantitative estimate of drug-likeness (QED) is 0.675. The minimum absolute atomic E-state index is 0.282. The van der Waals surface area contributed by atoms with Gasteiger partial charge >= 0.3 is 0 Å². The second kappa shape index (κ2) is 7.07. The van der Waals surface area contributed by atoms with Crippen molar-refractivity contribution in [3.05, 3.63) is 51.7 Å². The summed E-state index contributed by atoms with van der Waals surface area (Å²) in [7, 11) is 0. The third-order valence-electron chi connectivity index (χ3n) is 2.40. The smallest absolute Gasteiger partial charge is 0.267 e. The normalized spacial score (nSPS) is 12.3. The Morgan fingerprint density at radius 2 is 2.30 bits per heavy atom. The van der Waals surface area contributed by atoms with Crippen molar-refractivity contribution in [1.82, 2.24) is 0 Å². The van der Waals surface area contributed by atoms with Gasteiger partial charge in [-0.3, -0.25) is 4.79 Å². The second-order valence-corrected chi connectivity index (χ2v) is 5.41. The maximum absolute atomic E-state index is 11.9. The van der Waals surface area contributed by atoms with Gasteiger partial charge in [0, 0.05) is 15.6 Å². The number of rotatable bonds is 5. The standard InChI is InChI=1S/C14H13ClN2O2S/c1-10(19-16-9-13-6-3-7-20-13)14(18)17-12-5-2-4-11(15)8-12/h2-10H,1H3,(H,17,18)/b16-9-/t10-/m0/s1. The monoisotopic (exact) mass is 308 g/mol. The number of hydrogen-bond acceptors (Lipinski definition) is 4. The number of anilines is 1. The molecule has 1 aromatic carbocycles. The van der Waals surface area contributed by atoms with E-state index in [1.165, 1.54) is 0 Å². The summed E-state index contributed by atoms with van der Waals surface area (Å²) in [4.78, 5) is 17.9. The van der Waals surface area contributed by atoms with Crippen molar-refractivity contribution >= 4 is 40.7 Å². The summed E-state index contributed by atoms with van der Waals surface area (Å²) < 4.78 is 0. The molecule has 0 fully saturated rings. The number of amides is 1. The molecule has 0 aliphatic carbocycles. The van der Waals surface area contributed by atoms with Crippen molar-refractivity contribution in [2.45, 2.75) is 13.0 Å². The molecule has 2 rings (SSSR count). The van der Waals surface area contributed by atoms with Crippen molar-refractivity contribution in [3.63, 3.8) is 0 Å². The molecule has 0 unspecified atom stereocenters. The molecule has 1 N–H and O–H groups in total. The van der Waals surface area contributed by atoms with Crippen LogP contribution < -0.4 is 5.32 Å². The highest BCUT2D eigenvalue weighted by atomic mass is 35.5. The van der Waals surface area contributed by atoms with E-state index in [1.54, 1.807) is 48.7 Å². The number of benzene rings is 1. The van der Waals surface area contributed by atoms with E-state index >= 15 is 0 Å². The molecule has 0 aliphatic rings. The third kappa shape index (κ3) is 4.36. The summed E-state index contributed by atoms with van der Waals surface area (Å²) >= 11 is 7.39. The number of carbonyl (C=O) groups is 1. The van der Waals surface area contributed by atoms with E-state index in [0.717, 1.165) is 4.88 Å². The number of halogens is 1. The first kappa shape index (κ1) is 14.6. The predicted molar refractivity (Wildman–Crippen MR) is 82.5 cm³/mol. The van der Waals surface area contributed by atoms with Gasteiger partial charge in [-0.1, -0.05) is 28.9 Å². The summed E-state index contributed by atoms with van der Waals surface area (Å²) in [5.41, 5.74) is 0.625. The van der Waals surface area contributed by atoms with Gasteiger partial charge < -0.3 is 10.2 Å². The first-order valence-corrected chi connectivity index (χ1v) is 7.20. The third-order valence-corrected chi connectivity index (χ3v) is 3.45. The molecule has 1 heterocycles. The second-order valence-electron chi connectivity index (χ2n) is 4.00. The topological polar surface area (TPSA) is 50.7 Å². The lowest BCUT2D eigenvalue weighted by Crippen LogP contribution is -2.26. The number of nitrogens with one attached hydrogen (secondary N) is 1. The van der Waals surface area contributed by atoms with Crippen molar-refractivity contribution in [2.24, 2.45) is 5.16 Å². The Labute approximate surface area is 126 Å². The zero-order chi connectivity index (χ0) is 14.4. The van der Waals surface area contributed by atoms with Crippen LogP contribution in [0.3, 0.4) is 0 Å². The fraction of sp³-hybridized carbons (Fsp3) is 0.143. The van der Waals surface area contributed by atoms with Crippen LogP contribution in [0.25, 0.3) is 0 Å². The average Bonchev–Trinajstić information content (AvgIpc) is 2.91. The molecule has 0 saturated heterocycles. The lowest BCUT2D eigenvalue weighted by atomic mass is 10.3. The maximum Gasteiger partial charge on any atom is 0.267 e. The van der Waals surface area contributed by atoms with Crippen LogP contribution in [0, 0.1) is 0 Å². The number of thiophene rings is 1. The van der Waals surface area contributed by atoms with Gasteiger partial charge in [-0.2, -0.15) is 0 Å². The number of hydrogen-bond donors (Lipinski definition) is 1. The van der Waals surface area contributed by atoms with E-state index in [1.807, 2.05) is 17.5 Å². The molecule has 6 heteroatoms. The fourth-order valence-corrected chi connectivity index (χ4v) is 2.16. The van der Waals surface area contributed by atoms with Gasteiger partial charge in [0.05, 0.1) is 6.21 Å². The first-order chi connectivity index (χ1) is 9.65. The largest absolute Gasteiger partial charge is 0.383 e. The van der Waals surface area contributed by atoms with Gasteiger partial charge in [-0.05, 0) is 36.6 Å². The van der Waals surface area contributed by atoms with Gasteiger partial charge in [-0.15, -0.1) is 11.3 Å². The van der Waals surface area contributed by atoms with Crippen LogP contribution >= 0.6 is 22.9 Å². The van der Waals surface area contributed by atoms with Crippen molar-refractivity contribution in [1.29, 1.82) is 0 Å². The summed E-state index contributed by atoms with van der Waals surface area (Å²) in [5.74, 6) is -0.282. The van der Waals surface area contributed by atoms with Crippen molar-refractivity contribution < 1.29 is 9.63 Å². The zero-order valence-electron chi connectivity index (χ0n) is 10.7. The van der Waals surface area contributed by atoms with E-state index in [9.17, 15) is 4.79 Å². The fourth-order valence-electron chi connectivity index (χ4n) is 1.40. The van der Waals surface area contributed by atoms with Crippen LogP contribution in [0.5, 0.6) is 0 Å². The molecular formula is C14H13ClN2O2S. The Bertz CT molecular complexity index is 599. The molecule has 0 saturated carbocycles. The lowest BCUT2D eigenvalue weighted by molar-refractivity contribution is -0.126. The number of nitrogens with zero attached hydrogens (tertiary/aromatic N) is 1. The molecular weight excluding hydrogens is 296 g/mol. The van der Waals surface area contributed by atoms with Crippen molar-refractivity contribution in [2.75, 3.05) is 5.32 Å². The van der Waals surface area contributed by atoms with E-state index < -0.39 is 6.10 Å². The summed E-state index contributed by atoms with van der Waals surface area (Å²) in [6, 6.07) is 10.8. The van der Waals surface area contributed by atoms with E-state index in [0.29, 0.717) is 10.7 Å². The van der Waals surface area contributed by atoms with Crippen LogP contribution in [0.4, 0.5) is 5.69 Å². The van der Waals surface area contributed by atoms with Crippen LogP contribution in [-0.2, 0) is 9.63 Å². The van der Waals surface area contributed by atoms with Gasteiger partial charge in [0.2, 0.25) is 6.10 Å². The molecule has 1 amide bonds. The Hall–Kier alpha value is -1.85. The molecule has 0 spiro atoms. The van der Waals surface area contributed by atoms with Gasteiger partial charge in [0.1, 0.15) is 0 Å². The molecule has 1 atom stereocenters. The Kier molecular flexibility index (Phi) is 5.15. The van der Waals surface area contributed by atoms with Crippen LogP contribution in [0.2, 0.25) is 5.02 Å². The zero-order valence-corrected chi connectivity index (χ0v) is 12.3. The van der Waals surface area contributed by atoms with E-state index in [4.69, 9.17) is 16.4 Å². The minimum Gasteiger partial charge on any atom is -0.383 e. The molecule has 104 valence electrons. The number of carbonyl (C=O) groups excluding carboxylic acids is 1. The first-order valence-electron chi connectivity index (χ1n) is 5.94. The van der Waals surface area contributed by atoms with Crippen molar-refractivity contribution in [3.8, 4) is 0 Å². The Balaban J connectivity index is 1.86. The SMILES string of the molecule is C[C@H](O/N=C\c1cccs1)C(=O)Nc1cccc(Cl)c1. The molecule has 2 aromatic rings. The maximum atomic E-state index is 11.9. The summed E-state index contributed by atoms with van der Waals surface area (Å²) in [6.45, 7) is 1.63. The Morgan fingerprint density at radius 1 is 1.45 bits per heavy atom. The van der Waals surface area contributed by atoms with E-state index in [2.05, 4.69) is 10.5 Å². The van der Waals surface area contributed by atoms with E-state index in [-0.39, 0.29) is 5.91 Å². The summed E-state index contributed by atoms with van der Waals surface area (Å²) in [5, 5.41) is 9.00. The van der Waals surface area contributed by atoms with Crippen LogP contribution in [0.1, 0.15) is 11.8 Å². The summed E-state index contributed by atoms with van der Waals surface area (Å²) in [6.07, 6.45) is 0.888. The van der Waals surface area contributed by atoms with Crippen LogP contribution in [-0.4, -0.2) is 18.2 Å². The molecule has 0 radical (unpaired) electrons. The molecule has 4 nitrogen and oxygen atoms in total. The average molecular weight is 309 g/mol. The van der Waals surface area contributed by atoms with Gasteiger partial charge in [-0.25, -0.2) is 0 Å². The Morgan fingerprint density at radius 3 is 3.00 bits per heavy atom. The predicted octanol–water partition coefficient (Wildman–Crippen LogP) is 3.78. The van der Waals surface area contributed by atoms with Gasteiger partial charge in [0.15, 0.2) is 0 Å². The lowest BCUT2D eigenvalue weighted by Gasteiger charge is -2.10.